The predicted octanol–water partition coefficient (Wildman–Crippen LogP) is 3.04. The number of hydrogen-bond acceptors (Lipinski definition) is 5. The van der Waals surface area contributed by atoms with Crippen molar-refractivity contribution in [2.45, 2.75) is 19.4 Å². The van der Waals surface area contributed by atoms with Crippen LogP contribution in [-0.2, 0) is 9.53 Å². The van der Waals surface area contributed by atoms with Crippen molar-refractivity contribution in [3.05, 3.63) is 48.0 Å². The maximum atomic E-state index is 11.6. The average Bonchev–Trinajstić information content (AvgIpc) is 3.02. The van der Waals surface area contributed by atoms with Gasteiger partial charge in [0.15, 0.2) is 11.5 Å². The first-order valence-corrected chi connectivity index (χ1v) is 7.58. The van der Waals surface area contributed by atoms with Crippen LogP contribution in [0, 0.1) is 0 Å². The van der Waals surface area contributed by atoms with Gasteiger partial charge in [-0.15, -0.1) is 0 Å². The Morgan fingerprint density at radius 1 is 1.17 bits per heavy atom. The third-order valence-electron chi connectivity index (χ3n) is 3.71. The predicted molar refractivity (Wildman–Crippen MR) is 86.2 cm³/mol. The summed E-state index contributed by atoms with van der Waals surface area (Å²) in [6, 6.07) is 13.3. The molecule has 3 rings (SSSR count). The molecule has 2 N–H and O–H groups in total. The van der Waals surface area contributed by atoms with Gasteiger partial charge in [-0.25, -0.2) is 0 Å². The van der Waals surface area contributed by atoms with Crippen molar-refractivity contribution in [1.82, 2.24) is 0 Å². The van der Waals surface area contributed by atoms with E-state index in [1.165, 1.54) is 0 Å². The molecule has 1 heterocycles. The van der Waals surface area contributed by atoms with Crippen molar-refractivity contribution in [2.24, 2.45) is 5.73 Å². The van der Waals surface area contributed by atoms with Gasteiger partial charge in [-0.2, -0.15) is 0 Å². The first-order chi connectivity index (χ1) is 11.2. The van der Waals surface area contributed by atoms with Gasteiger partial charge >= 0.3 is 5.97 Å². The highest BCUT2D eigenvalue weighted by atomic mass is 16.7. The molecule has 2 aromatic carbocycles. The second-order valence-electron chi connectivity index (χ2n) is 5.31. The summed E-state index contributed by atoms with van der Waals surface area (Å²) in [7, 11) is 0. The molecule has 1 atom stereocenters. The fourth-order valence-electron chi connectivity index (χ4n) is 2.54. The Labute approximate surface area is 135 Å². The molecule has 2 aromatic rings. The molecule has 0 aliphatic carbocycles. The van der Waals surface area contributed by atoms with E-state index in [1.54, 1.807) is 6.92 Å². The fourth-order valence-corrected chi connectivity index (χ4v) is 2.54. The molecule has 1 aliphatic heterocycles. The molecule has 0 spiro atoms. The molecule has 5 nitrogen and oxygen atoms in total. The van der Waals surface area contributed by atoms with Gasteiger partial charge in [0.1, 0.15) is 0 Å². The molecule has 0 fully saturated rings. The highest BCUT2D eigenvalue weighted by molar-refractivity contribution is 5.71. The normalized spacial score (nSPS) is 13.7. The van der Waals surface area contributed by atoms with E-state index < -0.39 is 0 Å². The fraction of sp³-hybridized carbons (Fsp3) is 0.278. The summed E-state index contributed by atoms with van der Waals surface area (Å²) in [6.45, 7) is 2.40. The van der Waals surface area contributed by atoms with E-state index in [1.807, 2.05) is 42.5 Å². The van der Waals surface area contributed by atoms with Gasteiger partial charge in [0.25, 0.3) is 0 Å². The third-order valence-corrected chi connectivity index (χ3v) is 3.71. The number of fused-ring (bicyclic) bond motifs is 1. The number of carbonyl (C=O) groups is 1. The number of ether oxygens (including phenoxy) is 3. The van der Waals surface area contributed by atoms with Crippen molar-refractivity contribution in [3.63, 3.8) is 0 Å². The number of carbonyl (C=O) groups excluding carboxylic acids is 1. The lowest BCUT2D eigenvalue weighted by Gasteiger charge is -2.13. The van der Waals surface area contributed by atoms with E-state index in [2.05, 4.69) is 0 Å². The highest BCUT2D eigenvalue weighted by Crippen LogP contribution is 2.36. The minimum Gasteiger partial charge on any atom is -0.466 e. The van der Waals surface area contributed by atoms with Crippen molar-refractivity contribution in [3.8, 4) is 22.6 Å². The van der Waals surface area contributed by atoms with Gasteiger partial charge in [-0.1, -0.05) is 24.3 Å². The van der Waals surface area contributed by atoms with Gasteiger partial charge in [0, 0.05) is 6.04 Å². The molecule has 5 heteroatoms. The largest absolute Gasteiger partial charge is 0.466 e. The number of esters is 1. The van der Waals surface area contributed by atoms with Crippen LogP contribution in [0.3, 0.4) is 0 Å². The Bertz CT molecular complexity index is 714. The van der Waals surface area contributed by atoms with E-state index >= 15 is 0 Å². The lowest BCUT2D eigenvalue weighted by Crippen LogP contribution is -2.17. The van der Waals surface area contributed by atoms with Gasteiger partial charge < -0.3 is 19.9 Å². The molecule has 120 valence electrons. The van der Waals surface area contributed by atoms with Crippen LogP contribution in [-0.4, -0.2) is 19.4 Å². The Balaban J connectivity index is 1.81. The van der Waals surface area contributed by atoms with Crippen molar-refractivity contribution in [1.29, 1.82) is 0 Å². The first-order valence-electron chi connectivity index (χ1n) is 7.58. The summed E-state index contributed by atoms with van der Waals surface area (Å²) >= 11 is 0. The van der Waals surface area contributed by atoms with Gasteiger partial charge in [0.05, 0.1) is 13.0 Å². The van der Waals surface area contributed by atoms with Crippen LogP contribution < -0.4 is 15.2 Å². The Morgan fingerprint density at radius 3 is 2.78 bits per heavy atom. The van der Waals surface area contributed by atoms with Crippen LogP contribution in [0.2, 0.25) is 0 Å². The minimum absolute atomic E-state index is 0.165. The maximum absolute atomic E-state index is 11.6. The lowest BCUT2D eigenvalue weighted by molar-refractivity contribution is -0.143. The van der Waals surface area contributed by atoms with Gasteiger partial charge in [-0.05, 0) is 41.8 Å². The second-order valence-corrected chi connectivity index (χ2v) is 5.31. The number of benzene rings is 2. The van der Waals surface area contributed by atoms with E-state index in [0.29, 0.717) is 6.61 Å². The monoisotopic (exact) mass is 313 g/mol. The Hall–Kier alpha value is -2.53. The summed E-state index contributed by atoms with van der Waals surface area (Å²) in [5.41, 5.74) is 9.04. The van der Waals surface area contributed by atoms with Crippen LogP contribution in [0.5, 0.6) is 11.5 Å². The number of nitrogens with two attached hydrogens (primary N) is 1. The quantitative estimate of drug-likeness (QED) is 0.859. The van der Waals surface area contributed by atoms with E-state index in [0.717, 1.165) is 28.2 Å². The molecule has 0 radical (unpaired) electrons. The summed E-state index contributed by atoms with van der Waals surface area (Å²) in [4.78, 5) is 11.6. The Kier molecular flexibility index (Phi) is 4.48. The average molecular weight is 313 g/mol. The zero-order chi connectivity index (χ0) is 16.2. The molecule has 1 aliphatic rings. The first kappa shape index (κ1) is 15.4. The zero-order valence-corrected chi connectivity index (χ0v) is 13.0. The molecular weight excluding hydrogens is 294 g/mol. The Morgan fingerprint density at radius 2 is 1.96 bits per heavy atom. The summed E-state index contributed by atoms with van der Waals surface area (Å²) in [5, 5.41) is 0. The number of hydrogen-bond donors (Lipinski definition) is 1. The molecule has 23 heavy (non-hydrogen) atoms. The van der Waals surface area contributed by atoms with Gasteiger partial charge in [-0.3, -0.25) is 4.79 Å². The van der Waals surface area contributed by atoms with Crippen molar-refractivity contribution < 1.29 is 19.0 Å². The van der Waals surface area contributed by atoms with E-state index in [-0.39, 0.29) is 25.2 Å². The zero-order valence-electron chi connectivity index (χ0n) is 13.0. The van der Waals surface area contributed by atoms with E-state index in [4.69, 9.17) is 19.9 Å². The molecule has 0 bridgehead atoms. The topological polar surface area (TPSA) is 70.8 Å². The van der Waals surface area contributed by atoms with Crippen molar-refractivity contribution in [2.75, 3.05) is 13.4 Å². The van der Waals surface area contributed by atoms with Crippen LogP contribution in [0.25, 0.3) is 11.1 Å². The van der Waals surface area contributed by atoms with Crippen LogP contribution in [0.4, 0.5) is 0 Å². The summed E-state index contributed by atoms with van der Waals surface area (Å²) in [5.74, 6) is 1.21. The maximum Gasteiger partial charge on any atom is 0.307 e. The van der Waals surface area contributed by atoms with Crippen LogP contribution >= 0.6 is 0 Å². The summed E-state index contributed by atoms with van der Waals surface area (Å²) < 4.78 is 15.7. The molecule has 1 unspecified atom stereocenters. The SMILES string of the molecule is CCOC(=O)CC(N)c1cccc(-c2ccc3c(c2)OCO3)c1. The third kappa shape index (κ3) is 3.46. The molecule has 0 saturated carbocycles. The minimum atomic E-state index is -0.386. The molecule has 0 saturated heterocycles. The molecule has 0 amide bonds. The van der Waals surface area contributed by atoms with Crippen molar-refractivity contribution >= 4 is 5.97 Å². The smallest absolute Gasteiger partial charge is 0.307 e. The number of rotatable bonds is 5. The van der Waals surface area contributed by atoms with Gasteiger partial charge in [0.2, 0.25) is 6.79 Å². The summed E-state index contributed by atoms with van der Waals surface area (Å²) in [6.07, 6.45) is 0.165. The molecule has 0 aromatic heterocycles. The standard InChI is InChI=1S/C18H19NO4/c1-2-21-18(20)10-15(19)14-5-3-4-12(8-14)13-6-7-16-17(9-13)23-11-22-16/h3-9,15H,2,10-11,19H2,1H3. The lowest BCUT2D eigenvalue weighted by atomic mass is 9.98. The van der Waals surface area contributed by atoms with Crippen LogP contribution in [0.1, 0.15) is 24.9 Å². The van der Waals surface area contributed by atoms with Crippen LogP contribution in [0.15, 0.2) is 42.5 Å². The second kappa shape index (κ2) is 6.71. The molecular formula is C18H19NO4. The highest BCUT2D eigenvalue weighted by Gasteiger charge is 2.16. The van der Waals surface area contributed by atoms with E-state index in [9.17, 15) is 4.79 Å².